The molecule has 0 aliphatic rings. The Morgan fingerprint density at radius 3 is 2.45 bits per heavy atom. The molecule has 20 heavy (non-hydrogen) atoms. The van der Waals surface area contributed by atoms with Crippen molar-refractivity contribution in [2.45, 2.75) is 39.8 Å². The van der Waals surface area contributed by atoms with Crippen molar-refractivity contribution in [2.75, 3.05) is 0 Å². The SMILES string of the molecule is Cc1nn(C)c(C)c1C(C)N[C@H](C)c1cccc(Cl)c1. The molecule has 3 nitrogen and oxygen atoms in total. The fourth-order valence-electron chi connectivity index (χ4n) is 2.75. The molecule has 108 valence electrons. The molecular weight excluding hydrogens is 270 g/mol. The predicted octanol–water partition coefficient (Wildman–Crippen LogP) is 4.10. The highest BCUT2D eigenvalue weighted by atomic mass is 35.5. The molecule has 4 heteroatoms. The summed E-state index contributed by atoms with van der Waals surface area (Å²) in [5, 5.41) is 8.88. The number of aromatic nitrogens is 2. The van der Waals surface area contributed by atoms with Crippen LogP contribution in [0.2, 0.25) is 5.02 Å². The minimum Gasteiger partial charge on any atom is -0.304 e. The lowest BCUT2D eigenvalue weighted by Gasteiger charge is -2.21. The third-order valence-corrected chi connectivity index (χ3v) is 4.08. The van der Waals surface area contributed by atoms with Crippen LogP contribution in [-0.4, -0.2) is 9.78 Å². The third kappa shape index (κ3) is 3.05. The lowest BCUT2D eigenvalue weighted by atomic mass is 10.0. The summed E-state index contributed by atoms with van der Waals surface area (Å²) in [6, 6.07) is 8.48. The Morgan fingerprint density at radius 1 is 1.20 bits per heavy atom. The highest BCUT2D eigenvalue weighted by molar-refractivity contribution is 6.30. The maximum absolute atomic E-state index is 6.06. The van der Waals surface area contributed by atoms with Gasteiger partial charge in [-0.15, -0.1) is 0 Å². The fourth-order valence-corrected chi connectivity index (χ4v) is 2.95. The van der Waals surface area contributed by atoms with E-state index < -0.39 is 0 Å². The number of aryl methyl sites for hydroxylation is 2. The van der Waals surface area contributed by atoms with Crippen molar-refractivity contribution < 1.29 is 0 Å². The number of benzene rings is 1. The molecule has 0 fully saturated rings. The first-order valence-electron chi connectivity index (χ1n) is 6.91. The van der Waals surface area contributed by atoms with Gasteiger partial charge in [-0.25, -0.2) is 0 Å². The van der Waals surface area contributed by atoms with E-state index in [9.17, 15) is 0 Å². The average Bonchev–Trinajstić information content (AvgIpc) is 2.63. The lowest BCUT2D eigenvalue weighted by Crippen LogP contribution is -2.23. The fraction of sp³-hybridized carbons (Fsp3) is 0.438. The molecule has 2 rings (SSSR count). The van der Waals surface area contributed by atoms with Gasteiger partial charge in [0.05, 0.1) is 5.69 Å². The minimum atomic E-state index is 0.239. The highest BCUT2D eigenvalue weighted by Gasteiger charge is 2.18. The molecule has 0 aliphatic carbocycles. The van der Waals surface area contributed by atoms with Crippen LogP contribution < -0.4 is 5.32 Å². The van der Waals surface area contributed by atoms with Crippen LogP contribution in [0.3, 0.4) is 0 Å². The summed E-state index contributed by atoms with van der Waals surface area (Å²) in [5.41, 5.74) is 4.77. The lowest BCUT2D eigenvalue weighted by molar-refractivity contribution is 0.491. The van der Waals surface area contributed by atoms with Crippen LogP contribution in [-0.2, 0) is 7.05 Å². The number of nitrogens with one attached hydrogen (secondary N) is 1. The molecule has 0 amide bonds. The Hall–Kier alpha value is -1.32. The van der Waals surface area contributed by atoms with Crippen LogP contribution in [0.1, 0.15) is 48.4 Å². The van der Waals surface area contributed by atoms with Crippen LogP contribution in [0.4, 0.5) is 0 Å². The van der Waals surface area contributed by atoms with E-state index in [4.69, 9.17) is 11.6 Å². The summed E-state index contributed by atoms with van der Waals surface area (Å²) < 4.78 is 1.94. The van der Waals surface area contributed by atoms with E-state index in [1.54, 1.807) is 0 Å². The van der Waals surface area contributed by atoms with Crippen LogP contribution >= 0.6 is 11.6 Å². The van der Waals surface area contributed by atoms with E-state index in [0.29, 0.717) is 0 Å². The van der Waals surface area contributed by atoms with Gasteiger partial charge in [0.25, 0.3) is 0 Å². The molecule has 1 N–H and O–H groups in total. The summed E-state index contributed by atoms with van der Waals surface area (Å²) in [5.74, 6) is 0. The maximum Gasteiger partial charge on any atom is 0.0644 e. The molecule has 1 aromatic heterocycles. The third-order valence-electron chi connectivity index (χ3n) is 3.85. The second-order valence-electron chi connectivity index (χ2n) is 5.37. The molecule has 1 unspecified atom stereocenters. The molecule has 0 aliphatic heterocycles. The van der Waals surface area contributed by atoms with Crippen LogP contribution in [0.15, 0.2) is 24.3 Å². The van der Waals surface area contributed by atoms with Gasteiger partial charge >= 0.3 is 0 Å². The van der Waals surface area contributed by atoms with E-state index in [1.165, 1.54) is 16.8 Å². The molecule has 0 radical (unpaired) electrons. The van der Waals surface area contributed by atoms with Crippen molar-refractivity contribution >= 4 is 11.6 Å². The second-order valence-corrected chi connectivity index (χ2v) is 5.81. The minimum absolute atomic E-state index is 0.239. The number of rotatable bonds is 4. The van der Waals surface area contributed by atoms with Crippen molar-refractivity contribution in [2.24, 2.45) is 7.05 Å². The van der Waals surface area contributed by atoms with Crippen molar-refractivity contribution in [3.05, 3.63) is 51.8 Å². The molecule has 0 saturated carbocycles. The van der Waals surface area contributed by atoms with E-state index in [2.05, 4.69) is 44.2 Å². The average molecular weight is 292 g/mol. The first-order chi connectivity index (χ1) is 9.40. The van der Waals surface area contributed by atoms with Gasteiger partial charge in [-0.3, -0.25) is 4.68 Å². The van der Waals surface area contributed by atoms with Crippen molar-refractivity contribution in [1.29, 1.82) is 0 Å². The van der Waals surface area contributed by atoms with Crippen LogP contribution in [0.25, 0.3) is 0 Å². The van der Waals surface area contributed by atoms with Gasteiger partial charge in [0.1, 0.15) is 0 Å². The van der Waals surface area contributed by atoms with Gasteiger partial charge in [-0.05, 0) is 45.4 Å². The zero-order valence-corrected chi connectivity index (χ0v) is 13.5. The summed E-state index contributed by atoms with van der Waals surface area (Å²) in [6.07, 6.45) is 0. The molecule has 1 heterocycles. The number of halogens is 1. The standard InChI is InChI=1S/C16H22ClN3/c1-10(14-7-6-8-15(17)9-14)18-11(2)16-12(3)19-20(5)13(16)4/h6-11,18H,1-5H3/t10-,11?/m1/s1. The van der Waals surface area contributed by atoms with Gasteiger partial charge < -0.3 is 5.32 Å². The first-order valence-corrected chi connectivity index (χ1v) is 7.29. The topological polar surface area (TPSA) is 29.9 Å². The van der Waals surface area contributed by atoms with Gasteiger partial charge in [0.15, 0.2) is 0 Å². The van der Waals surface area contributed by atoms with E-state index in [-0.39, 0.29) is 12.1 Å². The Balaban J connectivity index is 2.17. The van der Waals surface area contributed by atoms with Crippen molar-refractivity contribution in [3.8, 4) is 0 Å². The molecule has 2 atom stereocenters. The van der Waals surface area contributed by atoms with E-state index >= 15 is 0 Å². The summed E-state index contributed by atoms with van der Waals surface area (Å²) in [7, 11) is 1.99. The monoisotopic (exact) mass is 291 g/mol. The highest BCUT2D eigenvalue weighted by Crippen LogP contribution is 2.25. The molecule has 2 aromatic rings. The summed E-state index contributed by atoms with van der Waals surface area (Å²) in [6.45, 7) is 8.50. The zero-order valence-electron chi connectivity index (χ0n) is 12.7. The molecular formula is C16H22ClN3. The molecule has 0 spiro atoms. The smallest absolute Gasteiger partial charge is 0.0644 e. The summed E-state index contributed by atoms with van der Waals surface area (Å²) >= 11 is 6.06. The Kier molecular flexibility index (Phi) is 4.51. The maximum atomic E-state index is 6.06. The van der Waals surface area contributed by atoms with Crippen molar-refractivity contribution in [3.63, 3.8) is 0 Å². The van der Waals surface area contributed by atoms with E-state index in [0.717, 1.165) is 10.7 Å². The number of nitrogens with zero attached hydrogens (tertiary/aromatic N) is 2. The van der Waals surface area contributed by atoms with Gasteiger partial charge in [0, 0.05) is 35.4 Å². The van der Waals surface area contributed by atoms with Crippen LogP contribution in [0, 0.1) is 13.8 Å². The van der Waals surface area contributed by atoms with Gasteiger partial charge in [-0.2, -0.15) is 5.10 Å². The Labute approximate surface area is 126 Å². The molecule has 1 aromatic carbocycles. The van der Waals surface area contributed by atoms with Crippen LogP contribution in [0.5, 0.6) is 0 Å². The van der Waals surface area contributed by atoms with Crippen molar-refractivity contribution in [1.82, 2.24) is 15.1 Å². The normalized spacial score (nSPS) is 14.3. The largest absolute Gasteiger partial charge is 0.304 e. The molecule has 0 bridgehead atoms. The van der Waals surface area contributed by atoms with Gasteiger partial charge in [0.2, 0.25) is 0 Å². The Bertz CT molecular complexity index is 604. The summed E-state index contributed by atoms with van der Waals surface area (Å²) in [4.78, 5) is 0. The second kappa shape index (κ2) is 5.98. The predicted molar refractivity (Wildman–Crippen MR) is 84.1 cm³/mol. The van der Waals surface area contributed by atoms with E-state index in [1.807, 2.05) is 29.9 Å². The number of hydrogen-bond acceptors (Lipinski definition) is 2. The zero-order chi connectivity index (χ0) is 14.9. The number of hydrogen-bond donors (Lipinski definition) is 1. The molecule has 0 saturated heterocycles. The van der Waals surface area contributed by atoms with Gasteiger partial charge in [-0.1, -0.05) is 23.7 Å². The Morgan fingerprint density at radius 2 is 1.90 bits per heavy atom. The first kappa shape index (κ1) is 15.1. The quantitative estimate of drug-likeness (QED) is 0.919.